The molecule has 8 rings (SSSR count). The summed E-state index contributed by atoms with van der Waals surface area (Å²) in [6.45, 7) is 7.54. The SMILES string of the molecule is Cc1ccccc1C1=CC=CC(Nc2nccc3cc(CN4CC[C@H](O)C4)cnc23)(c2nc3cc(CN4CCC[C@H]4C(=O)O)cc(C#N)c3o2)C1C. The molecule has 2 unspecified atom stereocenters. The number of aliphatic carboxylic acids is 1. The highest BCUT2D eigenvalue weighted by Crippen LogP contribution is 2.46. The zero-order valence-electron chi connectivity index (χ0n) is 29.3. The molecular formula is C41H41N7O4. The van der Waals surface area contributed by atoms with Crippen molar-refractivity contribution < 1.29 is 19.4 Å². The predicted octanol–water partition coefficient (Wildman–Crippen LogP) is 6.16. The van der Waals surface area contributed by atoms with Crippen LogP contribution in [-0.2, 0) is 23.4 Å². The van der Waals surface area contributed by atoms with E-state index in [-0.39, 0.29) is 12.0 Å². The molecule has 2 saturated heterocycles. The van der Waals surface area contributed by atoms with Crippen LogP contribution in [0.3, 0.4) is 0 Å². The number of aliphatic hydroxyl groups excluding tert-OH is 1. The molecule has 5 heterocycles. The van der Waals surface area contributed by atoms with Crippen molar-refractivity contribution in [3.63, 3.8) is 0 Å². The number of rotatable bonds is 9. The van der Waals surface area contributed by atoms with Crippen molar-refractivity contribution in [2.45, 2.75) is 63.9 Å². The van der Waals surface area contributed by atoms with E-state index in [2.05, 4.69) is 54.4 Å². The fourth-order valence-electron chi connectivity index (χ4n) is 8.18. The molecule has 264 valence electrons. The van der Waals surface area contributed by atoms with Gasteiger partial charge in [0.25, 0.3) is 0 Å². The summed E-state index contributed by atoms with van der Waals surface area (Å²) in [5.41, 5.74) is 6.15. The Morgan fingerprint density at radius 2 is 1.98 bits per heavy atom. The lowest BCUT2D eigenvalue weighted by Gasteiger charge is -2.39. The minimum Gasteiger partial charge on any atom is -0.480 e. The molecule has 4 atom stereocenters. The number of carboxylic acids is 1. The number of aliphatic hydroxyl groups is 1. The zero-order chi connectivity index (χ0) is 36.0. The van der Waals surface area contributed by atoms with Gasteiger partial charge in [-0.05, 0) is 90.9 Å². The fraction of sp³-hybridized carbons (Fsp3) is 0.341. The average molecular weight is 696 g/mol. The Morgan fingerprint density at radius 1 is 1.12 bits per heavy atom. The quantitative estimate of drug-likeness (QED) is 0.163. The van der Waals surface area contributed by atoms with Gasteiger partial charge in [0.15, 0.2) is 11.4 Å². The lowest BCUT2D eigenvalue weighted by molar-refractivity contribution is -0.142. The number of pyridine rings is 2. The Balaban J connectivity index is 1.21. The number of nitrogens with zero attached hydrogens (tertiary/aromatic N) is 6. The van der Waals surface area contributed by atoms with Gasteiger partial charge in [-0.25, -0.2) is 9.97 Å². The second kappa shape index (κ2) is 13.6. The van der Waals surface area contributed by atoms with E-state index in [1.165, 1.54) is 0 Å². The largest absolute Gasteiger partial charge is 0.480 e. The number of carboxylic acid groups (broad SMARTS) is 1. The summed E-state index contributed by atoms with van der Waals surface area (Å²) in [4.78, 5) is 30.9. The van der Waals surface area contributed by atoms with E-state index in [9.17, 15) is 20.3 Å². The Bertz CT molecular complexity index is 2290. The smallest absolute Gasteiger partial charge is 0.320 e. The summed E-state index contributed by atoms with van der Waals surface area (Å²) in [5, 5.41) is 34.8. The van der Waals surface area contributed by atoms with Crippen LogP contribution in [-0.4, -0.2) is 72.7 Å². The second-order valence-corrected chi connectivity index (χ2v) is 14.4. The molecule has 3 N–H and O–H groups in total. The van der Waals surface area contributed by atoms with Crippen LogP contribution in [0, 0.1) is 24.2 Å². The van der Waals surface area contributed by atoms with Gasteiger partial charge in [-0.15, -0.1) is 0 Å². The number of likely N-dealkylation sites (tertiary alicyclic amines) is 2. The van der Waals surface area contributed by atoms with Gasteiger partial charge in [0.05, 0.1) is 11.7 Å². The van der Waals surface area contributed by atoms with Crippen LogP contribution in [0.25, 0.3) is 27.6 Å². The van der Waals surface area contributed by atoms with Crippen LogP contribution in [0.4, 0.5) is 5.82 Å². The topological polar surface area (TPSA) is 152 Å². The van der Waals surface area contributed by atoms with Crippen LogP contribution in [0.1, 0.15) is 59.9 Å². The van der Waals surface area contributed by atoms with Crippen LogP contribution < -0.4 is 5.32 Å². The molecule has 2 aromatic carbocycles. The van der Waals surface area contributed by atoms with E-state index < -0.39 is 17.6 Å². The van der Waals surface area contributed by atoms with Crippen molar-refractivity contribution in [1.82, 2.24) is 24.8 Å². The number of carbonyl (C=O) groups is 1. The van der Waals surface area contributed by atoms with Crippen LogP contribution in [0.2, 0.25) is 0 Å². The number of hydrogen-bond donors (Lipinski definition) is 3. The highest BCUT2D eigenvalue weighted by Gasteiger charge is 2.45. The van der Waals surface area contributed by atoms with E-state index in [1.54, 1.807) is 12.3 Å². The number of nitriles is 1. The van der Waals surface area contributed by atoms with E-state index in [1.807, 2.05) is 47.5 Å². The first kappa shape index (κ1) is 33.7. The first-order chi connectivity index (χ1) is 25.2. The van der Waals surface area contributed by atoms with Gasteiger partial charge in [-0.3, -0.25) is 19.6 Å². The van der Waals surface area contributed by atoms with Gasteiger partial charge in [-0.2, -0.15) is 5.26 Å². The number of aryl methyl sites for hydroxylation is 1. The number of anilines is 1. The van der Waals surface area contributed by atoms with E-state index in [0.717, 1.165) is 52.6 Å². The number of nitrogens with one attached hydrogen (secondary N) is 1. The lowest BCUT2D eigenvalue weighted by atomic mass is 9.73. The monoisotopic (exact) mass is 695 g/mol. The molecule has 0 amide bonds. The van der Waals surface area contributed by atoms with Gasteiger partial charge in [0.1, 0.15) is 28.7 Å². The zero-order valence-corrected chi connectivity index (χ0v) is 29.3. The number of fused-ring (bicyclic) bond motifs is 2. The molecule has 2 fully saturated rings. The minimum absolute atomic E-state index is 0.212. The summed E-state index contributed by atoms with van der Waals surface area (Å²) in [6.07, 6.45) is 11.7. The average Bonchev–Trinajstić information content (AvgIpc) is 3.89. The Kier molecular flexibility index (Phi) is 8.83. The lowest BCUT2D eigenvalue weighted by Crippen LogP contribution is -2.42. The second-order valence-electron chi connectivity index (χ2n) is 14.4. The van der Waals surface area contributed by atoms with Gasteiger partial charge in [0, 0.05) is 49.9 Å². The van der Waals surface area contributed by atoms with Crippen LogP contribution in [0.5, 0.6) is 0 Å². The summed E-state index contributed by atoms with van der Waals surface area (Å²) < 4.78 is 6.63. The first-order valence-electron chi connectivity index (χ1n) is 17.9. The van der Waals surface area contributed by atoms with Crippen LogP contribution >= 0.6 is 0 Å². The number of oxazole rings is 1. The van der Waals surface area contributed by atoms with E-state index >= 15 is 0 Å². The Labute approximate surface area is 301 Å². The van der Waals surface area contributed by atoms with Crippen molar-refractivity contribution in [3.8, 4) is 6.07 Å². The standard InChI is InChI=1S/C41H41N7O4/c1-25-7-3-4-8-32(25)33-9-5-13-41(26(33)2,46-38-36-29(11-14-43-38)18-28(21-44-36)22-47-16-12-31(49)24-47)40-45-34-19-27(17-30(20-42)37(34)52-40)23-48-15-6-10-35(48)39(50)51/h3-5,7-9,11,13-14,17-19,21,26,31,35,49H,6,10,12,15-16,22-24H2,1-2H3,(H,43,46)(H,50,51)/t26?,31-,35-,41?/m0/s1. The third-order valence-electron chi connectivity index (χ3n) is 10.9. The van der Waals surface area contributed by atoms with Gasteiger partial charge in [0.2, 0.25) is 5.89 Å². The molecule has 2 aliphatic heterocycles. The number of β-amino-alcohol motifs (C(OH)–C–C–N with tert-alkyl or cyclic N) is 1. The third kappa shape index (κ3) is 6.13. The molecule has 0 radical (unpaired) electrons. The maximum Gasteiger partial charge on any atom is 0.320 e. The normalized spacial score (nSPS) is 23.7. The van der Waals surface area contributed by atoms with Gasteiger partial charge < -0.3 is 19.9 Å². The maximum absolute atomic E-state index is 11.9. The van der Waals surface area contributed by atoms with Crippen LogP contribution in [0.15, 0.2) is 83.6 Å². The number of benzene rings is 2. The highest BCUT2D eigenvalue weighted by atomic mass is 16.4. The predicted molar refractivity (Wildman–Crippen MR) is 198 cm³/mol. The molecule has 3 aromatic heterocycles. The van der Waals surface area contributed by atoms with Gasteiger partial charge in [-0.1, -0.05) is 43.3 Å². The number of aromatic nitrogens is 3. The molecule has 0 spiro atoms. The molecular weight excluding hydrogens is 654 g/mol. The summed E-state index contributed by atoms with van der Waals surface area (Å²) in [7, 11) is 0. The molecule has 3 aliphatic rings. The fourth-order valence-corrected chi connectivity index (χ4v) is 8.18. The maximum atomic E-state index is 11.9. The molecule has 1 aliphatic carbocycles. The summed E-state index contributed by atoms with van der Waals surface area (Å²) in [6, 6.07) is 17.8. The Morgan fingerprint density at radius 3 is 2.77 bits per heavy atom. The molecule has 11 nitrogen and oxygen atoms in total. The molecule has 5 aromatic rings. The molecule has 52 heavy (non-hydrogen) atoms. The third-order valence-corrected chi connectivity index (χ3v) is 10.9. The van der Waals surface area contributed by atoms with E-state index in [0.29, 0.717) is 66.5 Å². The highest BCUT2D eigenvalue weighted by molar-refractivity contribution is 5.89. The molecule has 0 bridgehead atoms. The minimum atomic E-state index is -1.03. The Hall–Kier alpha value is -5.41. The number of hydrogen-bond acceptors (Lipinski definition) is 10. The molecule has 0 saturated carbocycles. The van der Waals surface area contributed by atoms with E-state index in [4.69, 9.17) is 19.4 Å². The van der Waals surface area contributed by atoms with Crippen molar-refractivity contribution >= 4 is 39.4 Å². The van der Waals surface area contributed by atoms with Crippen molar-refractivity contribution in [3.05, 3.63) is 113 Å². The van der Waals surface area contributed by atoms with Crippen molar-refractivity contribution in [2.75, 3.05) is 25.0 Å². The summed E-state index contributed by atoms with van der Waals surface area (Å²) >= 11 is 0. The number of allylic oxidation sites excluding steroid dienone is 2. The van der Waals surface area contributed by atoms with Gasteiger partial charge >= 0.3 is 5.97 Å². The van der Waals surface area contributed by atoms with Crippen molar-refractivity contribution in [1.29, 1.82) is 5.26 Å². The molecule has 11 heteroatoms. The first-order valence-corrected chi connectivity index (χ1v) is 17.9. The van der Waals surface area contributed by atoms with Crippen molar-refractivity contribution in [2.24, 2.45) is 5.92 Å². The summed E-state index contributed by atoms with van der Waals surface area (Å²) in [5.74, 6) is -0.0897.